The van der Waals surface area contributed by atoms with Gasteiger partial charge < -0.3 is 10.1 Å². The molecular weight excluding hydrogens is 160 g/mol. The van der Waals surface area contributed by atoms with Crippen molar-refractivity contribution in [3.8, 4) is 17.9 Å². The summed E-state index contributed by atoms with van der Waals surface area (Å²) in [5.41, 5.74) is 0. The summed E-state index contributed by atoms with van der Waals surface area (Å²) >= 11 is 0. The molecule has 1 aromatic rings. The molecular formula is C6H2N4O2. The molecule has 0 spiro atoms. The van der Waals surface area contributed by atoms with Crippen LogP contribution >= 0.6 is 0 Å². The molecule has 0 aliphatic rings. The number of H-pyrrole nitrogens is 1. The van der Waals surface area contributed by atoms with E-state index in [1.165, 1.54) is 0 Å². The molecule has 1 rings (SSSR count). The first-order valence-electron chi connectivity index (χ1n) is 2.83. The molecule has 0 bridgehead atoms. The molecule has 12 heavy (non-hydrogen) atoms. The fraction of sp³-hybridized carbons (Fsp3) is 0. The lowest BCUT2D eigenvalue weighted by Gasteiger charge is -1.83. The summed E-state index contributed by atoms with van der Waals surface area (Å²) in [4.78, 5) is 15.4. The third kappa shape index (κ3) is 1.58. The van der Waals surface area contributed by atoms with Gasteiger partial charge >= 0.3 is 5.82 Å². The lowest BCUT2D eigenvalue weighted by molar-refractivity contribution is -0.389. The SMILES string of the molecule is N#CC#Cc1ncc([N+](=O)[O-])[nH]1. The maximum Gasteiger partial charge on any atom is 0.341 e. The molecule has 0 saturated heterocycles. The van der Waals surface area contributed by atoms with E-state index in [9.17, 15) is 10.1 Å². The van der Waals surface area contributed by atoms with Crippen LogP contribution in [-0.2, 0) is 0 Å². The average molecular weight is 162 g/mol. The number of imidazole rings is 1. The zero-order chi connectivity index (χ0) is 8.97. The second-order valence-corrected chi connectivity index (χ2v) is 1.74. The topological polar surface area (TPSA) is 95.6 Å². The van der Waals surface area contributed by atoms with E-state index in [2.05, 4.69) is 21.8 Å². The zero-order valence-electron chi connectivity index (χ0n) is 5.74. The standard InChI is InChI=1S/C6H2N4O2/c7-3-1-2-5-8-4-6(9-5)10(11)12/h4H,(H,8,9). The van der Waals surface area contributed by atoms with E-state index in [4.69, 9.17) is 5.26 Å². The highest BCUT2D eigenvalue weighted by Crippen LogP contribution is 2.04. The van der Waals surface area contributed by atoms with Crippen molar-refractivity contribution in [2.75, 3.05) is 0 Å². The molecule has 0 amide bonds. The minimum absolute atomic E-state index is 0.114. The van der Waals surface area contributed by atoms with Crippen LogP contribution in [0.4, 0.5) is 5.82 Å². The van der Waals surface area contributed by atoms with Crippen LogP contribution in [0.5, 0.6) is 0 Å². The summed E-state index contributed by atoms with van der Waals surface area (Å²) in [5, 5.41) is 18.2. The molecule has 0 aliphatic carbocycles. The Kier molecular flexibility index (Phi) is 2.05. The third-order valence-corrected chi connectivity index (χ3v) is 0.996. The largest absolute Gasteiger partial charge is 0.358 e. The molecule has 0 atom stereocenters. The van der Waals surface area contributed by atoms with Crippen LogP contribution in [0.25, 0.3) is 0 Å². The molecule has 1 N–H and O–H groups in total. The lowest BCUT2D eigenvalue weighted by Crippen LogP contribution is -1.86. The molecule has 0 saturated carbocycles. The fourth-order valence-corrected chi connectivity index (χ4v) is 0.555. The van der Waals surface area contributed by atoms with Gasteiger partial charge in [-0.15, -0.1) is 0 Å². The number of rotatable bonds is 1. The molecule has 0 radical (unpaired) electrons. The van der Waals surface area contributed by atoms with Gasteiger partial charge in [0.05, 0.1) is 0 Å². The van der Waals surface area contributed by atoms with Crippen molar-refractivity contribution in [3.63, 3.8) is 0 Å². The van der Waals surface area contributed by atoms with Gasteiger partial charge in [-0.2, -0.15) is 5.26 Å². The molecule has 1 heterocycles. The quantitative estimate of drug-likeness (QED) is 0.362. The van der Waals surface area contributed by atoms with Crippen LogP contribution in [0.15, 0.2) is 6.20 Å². The highest BCUT2D eigenvalue weighted by Gasteiger charge is 2.06. The van der Waals surface area contributed by atoms with Crippen molar-refractivity contribution in [3.05, 3.63) is 22.1 Å². The van der Waals surface area contributed by atoms with Gasteiger partial charge in [0.15, 0.2) is 6.07 Å². The molecule has 6 heteroatoms. The van der Waals surface area contributed by atoms with Gasteiger partial charge in [0.1, 0.15) is 6.20 Å². The first-order valence-corrected chi connectivity index (χ1v) is 2.83. The van der Waals surface area contributed by atoms with Crippen molar-refractivity contribution >= 4 is 5.82 Å². The van der Waals surface area contributed by atoms with Gasteiger partial charge in [-0.05, 0) is 4.92 Å². The Morgan fingerprint density at radius 3 is 3.00 bits per heavy atom. The second kappa shape index (κ2) is 3.17. The summed E-state index contributed by atoms with van der Waals surface area (Å²) in [7, 11) is 0. The van der Waals surface area contributed by atoms with Crippen molar-refractivity contribution in [1.82, 2.24) is 9.97 Å². The van der Waals surface area contributed by atoms with Gasteiger partial charge in [-0.25, -0.2) is 9.97 Å². The van der Waals surface area contributed by atoms with E-state index in [0.717, 1.165) is 6.20 Å². The summed E-state index contributed by atoms with van der Waals surface area (Å²) in [6.07, 6.45) is 1.04. The monoisotopic (exact) mass is 162 g/mol. The predicted molar refractivity (Wildman–Crippen MR) is 37.7 cm³/mol. The Labute approximate surface area is 67.0 Å². The van der Waals surface area contributed by atoms with Gasteiger partial charge in [-0.1, -0.05) is 0 Å². The number of nitriles is 1. The number of aromatic nitrogens is 2. The summed E-state index contributed by atoms with van der Waals surface area (Å²) in [5.74, 6) is 4.22. The Balaban J connectivity index is 2.94. The number of hydrogen-bond donors (Lipinski definition) is 1. The second-order valence-electron chi connectivity index (χ2n) is 1.74. The number of nitro groups is 1. The van der Waals surface area contributed by atoms with Crippen LogP contribution in [0.2, 0.25) is 0 Å². The highest BCUT2D eigenvalue weighted by atomic mass is 16.6. The van der Waals surface area contributed by atoms with Crippen LogP contribution in [-0.4, -0.2) is 14.9 Å². The number of hydrogen-bond acceptors (Lipinski definition) is 4. The van der Waals surface area contributed by atoms with Crippen LogP contribution in [0, 0.1) is 33.3 Å². The fourth-order valence-electron chi connectivity index (χ4n) is 0.555. The van der Waals surface area contributed by atoms with E-state index in [1.54, 1.807) is 6.07 Å². The van der Waals surface area contributed by atoms with Gasteiger partial charge in [-0.3, -0.25) is 0 Å². The Morgan fingerprint density at radius 2 is 2.50 bits per heavy atom. The average Bonchev–Trinajstić information content (AvgIpc) is 2.48. The maximum atomic E-state index is 10.1. The summed E-state index contributed by atoms with van der Waals surface area (Å²) in [6, 6.07) is 1.56. The zero-order valence-corrected chi connectivity index (χ0v) is 5.74. The van der Waals surface area contributed by atoms with E-state index in [0.29, 0.717) is 0 Å². The number of nitrogens with one attached hydrogen (secondary N) is 1. The molecule has 0 aliphatic heterocycles. The molecule has 1 aromatic heterocycles. The maximum absolute atomic E-state index is 10.1. The Morgan fingerprint density at radius 1 is 1.75 bits per heavy atom. The van der Waals surface area contributed by atoms with E-state index < -0.39 is 4.92 Å². The molecule has 0 unspecified atom stereocenters. The number of aromatic amines is 1. The van der Waals surface area contributed by atoms with Gasteiger partial charge in [0.2, 0.25) is 0 Å². The lowest BCUT2D eigenvalue weighted by atomic mass is 10.6. The summed E-state index contributed by atoms with van der Waals surface area (Å²) in [6.45, 7) is 0. The van der Waals surface area contributed by atoms with Crippen molar-refractivity contribution in [1.29, 1.82) is 5.26 Å². The van der Waals surface area contributed by atoms with Crippen molar-refractivity contribution < 1.29 is 4.92 Å². The van der Waals surface area contributed by atoms with Crippen LogP contribution in [0.1, 0.15) is 5.82 Å². The van der Waals surface area contributed by atoms with Crippen molar-refractivity contribution in [2.24, 2.45) is 0 Å². The highest BCUT2D eigenvalue weighted by molar-refractivity contribution is 5.31. The predicted octanol–water partition coefficient (Wildman–Crippen LogP) is 0.193. The Bertz CT molecular complexity index is 403. The molecule has 0 fully saturated rings. The molecule has 0 aromatic carbocycles. The number of nitrogens with zero attached hydrogens (tertiary/aromatic N) is 3. The molecule has 6 nitrogen and oxygen atoms in total. The van der Waals surface area contributed by atoms with Crippen LogP contribution in [0.3, 0.4) is 0 Å². The Hall–Kier alpha value is -2.34. The smallest absolute Gasteiger partial charge is 0.341 e. The van der Waals surface area contributed by atoms with E-state index >= 15 is 0 Å². The van der Waals surface area contributed by atoms with Crippen molar-refractivity contribution in [2.45, 2.75) is 0 Å². The first-order chi connectivity index (χ1) is 5.74. The molecule has 58 valence electrons. The third-order valence-electron chi connectivity index (χ3n) is 0.996. The normalized spacial score (nSPS) is 7.92. The summed E-state index contributed by atoms with van der Waals surface area (Å²) < 4.78 is 0. The minimum Gasteiger partial charge on any atom is -0.358 e. The van der Waals surface area contributed by atoms with E-state index in [-0.39, 0.29) is 11.6 Å². The first kappa shape index (κ1) is 7.76. The van der Waals surface area contributed by atoms with E-state index in [1.807, 2.05) is 0 Å². The minimum atomic E-state index is -0.620. The van der Waals surface area contributed by atoms with Crippen LogP contribution < -0.4 is 0 Å². The van der Waals surface area contributed by atoms with Gasteiger partial charge in [0.25, 0.3) is 5.82 Å². The van der Waals surface area contributed by atoms with Gasteiger partial charge in [0, 0.05) is 11.8 Å².